The molecule has 0 unspecified atom stereocenters. The lowest BCUT2D eigenvalue weighted by atomic mass is 9.89. The van der Waals surface area contributed by atoms with Crippen LogP contribution in [0.3, 0.4) is 0 Å². The second kappa shape index (κ2) is 8.36. The van der Waals surface area contributed by atoms with Crippen LogP contribution in [-0.2, 0) is 27.4 Å². The van der Waals surface area contributed by atoms with E-state index in [-0.39, 0.29) is 30.7 Å². The second-order valence-corrected chi connectivity index (χ2v) is 5.94. The van der Waals surface area contributed by atoms with E-state index in [2.05, 4.69) is 4.99 Å². The first-order valence-electron chi connectivity index (χ1n) is 7.98. The monoisotopic (exact) mass is 359 g/mol. The third-order valence-corrected chi connectivity index (χ3v) is 4.33. The van der Waals surface area contributed by atoms with Crippen LogP contribution < -0.4 is 0 Å². The second-order valence-electron chi connectivity index (χ2n) is 5.94. The van der Waals surface area contributed by atoms with Gasteiger partial charge in [0.05, 0.1) is 17.6 Å². The number of carbonyl (C=O) groups is 2. The molecular weight excluding hydrogens is 341 g/mol. The number of carbonyl (C=O) groups excluding carboxylic acids is 2. The molecule has 0 atom stereocenters. The molecular formula is C19H18FNO5. The Balaban J connectivity index is 2.59. The highest BCUT2D eigenvalue weighted by molar-refractivity contribution is 6.01. The molecule has 1 N–H and O–H groups in total. The molecule has 0 bridgehead atoms. The summed E-state index contributed by atoms with van der Waals surface area (Å²) in [5.41, 5.74) is 3.41. The number of carboxylic acid groups (broad SMARTS) is 1. The first-order valence-corrected chi connectivity index (χ1v) is 7.98. The number of esters is 1. The molecule has 1 aromatic rings. The predicted molar refractivity (Wildman–Crippen MR) is 92.6 cm³/mol. The number of ether oxygens (including phenoxy) is 1. The lowest BCUT2D eigenvalue weighted by molar-refractivity contribution is -0.136. The van der Waals surface area contributed by atoms with Crippen LogP contribution in [0.5, 0.6) is 0 Å². The summed E-state index contributed by atoms with van der Waals surface area (Å²) in [7, 11) is 0. The van der Waals surface area contributed by atoms with Gasteiger partial charge in [-0.05, 0) is 49.5 Å². The third-order valence-electron chi connectivity index (χ3n) is 4.33. The van der Waals surface area contributed by atoms with Gasteiger partial charge in [0.2, 0.25) is 6.08 Å². The molecule has 7 heteroatoms. The minimum atomic E-state index is -0.902. The molecule has 0 spiro atoms. The Morgan fingerprint density at radius 3 is 2.77 bits per heavy atom. The fourth-order valence-corrected chi connectivity index (χ4v) is 2.95. The van der Waals surface area contributed by atoms with Crippen molar-refractivity contribution in [3.8, 4) is 0 Å². The van der Waals surface area contributed by atoms with Crippen LogP contribution >= 0.6 is 0 Å². The summed E-state index contributed by atoms with van der Waals surface area (Å²) in [6.07, 6.45) is 5.47. The topological polar surface area (TPSA) is 93.0 Å². The summed E-state index contributed by atoms with van der Waals surface area (Å²) >= 11 is 0. The first-order chi connectivity index (χ1) is 12.4. The van der Waals surface area contributed by atoms with Gasteiger partial charge in [0.15, 0.2) is 0 Å². The number of aliphatic imine (C=N–C) groups is 1. The maximum absolute atomic E-state index is 12.9. The molecule has 0 radical (unpaired) electrons. The van der Waals surface area contributed by atoms with Crippen LogP contribution in [0.4, 0.5) is 10.1 Å². The normalized spacial score (nSPS) is 13.5. The molecule has 1 aliphatic heterocycles. The van der Waals surface area contributed by atoms with Crippen molar-refractivity contribution in [3.05, 3.63) is 45.8 Å². The van der Waals surface area contributed by atoms with Gasteiger partial charge in [0.25, 0.3) is 0 Å². The zero-order valence-electron chi connectivity index (χ0n) is 14.5. The lowest BCUT2D eigenvalue weighted by Crippen LogP contribution is -2.03. The van der Waals surface area contributed by atoms with E-state index < -0.39 is 11.9 Å². The molecule has 0 fully saturated rings. The van der Waals surface area contributed by atoms with E-state index in [4.69, 9.17) is 9.84 Å². The van der Waals surface area contributed by atoms with Crippen molar-refractivity contribution in [3.63, 3.8) is 0 Å². The SMILES string of the molecule is CC(=CCc1c(C=CF)c(C)c2c(c1N=C=O)C(=O)OC2)CCC(=O)O. The van der Waals surface area contributed by atoms with Crippen LogP contribution in [0.2, 0.25) is 0 Å². The Labute approximate surface area is 149 Å². The van der Waals surface area contributed by atoms with Gasteiger partial charge < -0.3 is 9.84 Å². The van der Waals surface area contributed by atoms with Crippen LogP contribution in [0.1, 0.15) is 52.4 Å². The maximum Gasteiger partial charge on any atom is 0.341 e. The highest BCUT2D eigenvalue weighted by Gasteiger charge is 2.30. The maximum atomic E-state index is 12.9. The van der Waals surface area contributed by atoms with Crippen LogP contribution in [0, 0.1) is 6.92 Å². The standard InChI is InChI=1S/C19H18FNO5/c1-11(4-6-16(23)24)3-5-14-13(7-8-20)12(2)15-9-26-19(25)17(15)18(14)21-10-22/h3,7-8H,4-6,9H2,1-2H3,(H,23,24). The Morgan fingerprint density at radius 2 is 2.15 bits per heavy atom. The van der Waals surface area contributed by atoms with Gasteiger partial charge in [-0.25, -0.2) is 14.0 Å². The van der Waals surface area contributed by atoms with Crippen molar-refractivity contribution in [1.29, 1.82) is 0 Å². The summed E-state index contributed by atoms with van der Waals surface area (Å²) in [6, 6.07) is 0. The van der Waals surface area contributed by atoms with E-state index in [0.717, 1.165) is 5.57 Å². The van der Waals surface area contributed by atoms with Crippen molar-refractivity contribution in [2.45, 2.75) is 39.7 Å². The number of isocyanates is 1. The fraction of sp³-hybridized carbons (Fsp3) is 0.316. The smallest absolute Gasteiger partial charge is 0.341 e. The molecule has 1 heterocycles. The number of cyclic esters (lactones) is 1. The number of carboxylic acids is 1. The molecule has 0 saturated carbocycles. The number of rotatable bonds is 7. The quantitative estimate of drug-likeness (QED) is 0.345. The molecule has 0 aromatic heterocycles. The van der Waals surface area contributed by atoms with E-state index in [1.807, 2.05) is 0 Å². The number of nitrogens with zero attached hydrogens (tertiary/aromatic N) is 1. The van der Waals surface area contributed by atoms with Crippen LogP contribution in [0.15, 0.2) is 23.0 Å². The van der Waals surface area contributed by atoms with Crippen molar-refractivity contribution in [2.75, 3.05) is 0 Å². The number of hydrogen-bond donors (Lipinski definition) is 1. The Bertz CT molecular complexity index is 863. The zero-order valence-corrected chi connectivity index (χ0v) is 14.5. The lowest BCUT2D eigenvalue weighted by Gasteiger charge is -2.15. The molecule has 0 saturated heterocycles. The number of aliphatic carboxylic acids is 1. The van der Waals surface area contributed by atoms with E-state index in [1.165, 1.54) is 12.2 Å². The number of benzene rings is 1. The van der Waals surface area contributed by atoms with Gasteiger partial charge in [0, 0.05) is 12.0 Å². The number of fused-ring (bicyclic) bond motifs is 1. The van der Waals surface area contributed by atoms with Crippen molar-refractivity contribution < 1.29 is 28.6 Å². The largest absolute Gasteiger partial charge is 0.481 e. The van der Waals surface area contributed by atoms with E-state index in [9.17, 15) is 18.8 Å². The van der Waals surface area contributed by atoms with Crippen LogP contribution in [0.25, 0.3) is 6.08 Å². The molecule has 2 rings (SSSR count). The van der Waals surface area contributed by atoms with E-state index in [1.54, 1.807) is 19.9 Å². The zero-order chi connectivity index (χ0) is 19.3. The van der Waals surface area contributed by atoms with Gasteiger partial charge in [0.1, 0.15) is 6.61 Å². The van der Waals surface area contributed by atoms with Crippen molar-refractivity contribution in [2.24, 2.45) is 4.99 Å². The molecule has 1 aromatic carbocycles. The van der Waals surface area contributed by atoms with Crippen molar-refractivity contribution >= 4 is 29.8 Å². The summed E-state index contributed by atoms with van der Waals surface area (Å²) in [5.74, 6) is -1.48. The molecule has 0 amide bonds. The number of halogens is 1. The van der Waals surface area contributed by atoms with E-state index >= 15 is 0 Å². The van der Waals surface area contributed by atoms with Gasteiger partial charge in [-0.15, -0.1) is 0 Å². The highest BCUT2D eigenvalue weighted by Crippen LogP contribution is 2.39. The molecule has 0 aliphatic carbocycles. The summed E-state index contributed by atoms with van der Waals surface area (Å²) in [6.45, 7) is 3.57. The van der Waals surface area contributed by atoms with E-state index in [0.29, 0.717) is 35.0 Å². The van der Waals surface area contributed by atoms with Crippen molar-refractivity contribution in [1.82, 2.24) is 0 Å². The Morgan fingerprint density at radius 1 is 1.42 bits per heavy atom. The fourth-order valence-electron chi connectivity index (χ4n) is 2.95. The van der Waals surface area contributed by atoms with Gasteiger partial charge in [-0.3, -0.25) is 4.79 Å². The highest BCUT2D eigenvalue weighted by atomic mass is 19.1. The predicted octanol–water partition coefficient (Wildman–Crippen LogP) is 3.93. The summed E-state index contributed by atoms with van der Waals surface area (Å²) in [4.78, 5) is 37.3. The Hall–Kier alpha value is -3.05. The van der Waals surface area contributed by atoms with Gasteiger partial charge >= 0.3 is 11.9 Å². The molecule has 1 aliphatic rings. The molecule has 26 heavy (non-hydrogen) atoms. The number of hydrogen-bond acceptors (Lipinski definition) is 5. The molecule has 136 valence electrons. The third kappa shape index (κ3) is 3.95. The Kier molecular flexibility index (Phi) is 6.20. The van der Waals surface area contributed by atoms with Gasteiger partial charge in [-0.2, -0.15) is 4.99 Å². The van der Waals surface area contributed by atoms with Gasteiger partial charge in [-0.1, -0.05) is 11.6 Å². The summed E-state index contributed by atoms with van der Waals surface area (Å²) in [5, 5.41) is 8.76. The first kappa shape index (κ1) is 19.3. The average Bonchev–Trinajstić information content (AvgIpc) is 2.98. The minimum Gasteiger partial charge on any atom is -0.481 e. The number of allylic oxidation sites excluding steroid dienone is 2. The summed E-state index contributed by atoms with van der Waals surface area (Å²) < 4.78 is 18.0. The average molecular weight is 359 g/mol. The minimum absolute atomic E-state index is 0.00549. The molecule has 6 nitrogen and oxygen atoms in total. The van der Waals surface area contributed by atoms with Crippen LogP contribution in [-0.4, -0.2) is 23.1 Å².